The number of rotatable bonds is 8. The van der Waals surface area contributed by atoms with Gasteiger partial charge in [-0.05, 0) is 75.2 Å². The zero-order valence-electron chi connectivity index (χ0n) is 32.1. The standard InChI is InChI=1S/C46H46N6O4/c1-29(2)21-23-51-27-31(33-13-7-11-19-41(33)51)25-39-45(55)47-37-17-9-6-16-36(37)44(54)50-40(46(56)48-38-18-10-5-15-35(38)43(53)49-39)26-32-28-52(24-22-30(3)4)42-20-12-8-14-34(32)42/h5-22,27-28,39-40H,23-26H2,1-4H3,(H,47,55)(H,48,56)(H,49,53)(H,50,54). The minimum absolute atomic E-state index is 0.173. The van der Waals surface area contributed by atoms with Crippen LogP contribution in [0, 0.1) is 0 Å². The zero-order valence-corrected chi connectivity index (χ0v) is 32.1. The van der Waals surface area contributed by atoms with Gasteiger partial charge >= 0.3 is 0 Å². The number of allylic oxidation sites excluding steroid dienone is 4. The first-order chi connectivity index (χ1) is 27.0. The molecule has 0 bridgehead atoms. The molecule has 3 heterocycles. The Morgan fingerprint density at radius 3 is 1.32 bits per heavy atom. The Morgan fingerprint density at radius 1 is 0.536 bits per heavy atom. The number of anilines is 2. The minimum Gasteiger partial charge on any atom is -0.343 e. The summed E-state index contributed by atoms with van der Waals surface area (Å²) in [6.45, 7) is 9.50. The van der Waals surface area contributed by atoms with Crippen LogP contribution in [0.2, 0.25) is 0 Å². The van der Waals surface area contributed by atoms with Crippen molar-refractivity contribution in [3.8, 4) is 0 Å². The van der Waals surface area contributed by atoms with E-state index in [1.165, 1.54) is 11.1 Å². The van der Waals surface area contributed by atoms with Gasteiger partial charge in [0.2, 0.25) is 11.8 Å². The van der Waals surface area contributed by atoms with Crippen LogP contribution in [0.3, 0.4) is 0 Å². The van der Waals surface area contributed by atoms with Crippen molar-refractivity contribution in [2.75, 3.05) is 10.6 Å². The second-order valence-electron chi connectivity index (χ2n) is 14.7. The number of nitrogens with zero attached hydrogens (tertiary/aromatic N) is 2. The van der Waals surface area contributed by atoms with E-state index >= 15 is 0 Å². The van der Waals surface area contributed by atoms with Gasteiger partial charge in [-0.15, -0.1) is 0 Å². The van der Waals surface area contributed by atoms with Crippen LogP contribution in [0.4, 0.5) is 11.4 Å². The molecule has 0 radical (unpaired) electrons. The van der Waals surface area contributed by atoms with Gasteiger partial charge in [-0.3, -0.25) is 19.2 Å². The van der Waals surface area contributed by atoms with E-state index in [0.29, 0.717) is 13.1 Å². The molecule has 4 amide bonds. The smallest absolute Gasteiger partial charge is 0.254 e. The molecule has 56 heavy (non-hydrogen) atoms. The van der Waals surface area contributed by atoms with Crippen LogP contribution in [0.25, 0.3) is 21.8 Å². The van der Waals surface area contributed by atoms with Crippen LogP contribution in [-0.4, -0.2) is 44.8 Å². The van der Waals surface area contributed by atoms with Gasteiger partial charge < -0.3 is 30.4 Å². The van der Waals surface area contributed by atoms with E-state index in [2.05, 4.69) is 42.6 Å². The summed E-state index contributed by atoms with van der Waals surface area (Å²) >= 11 is 0. The van der Waals surface area contributed by atoms with Crippen LogP contribution in [0.15, 0.2) is 133 Å². The number of fused-ring (bicyclic) bond motifs is 4. The third-order valence-electron chi connectivity index (χ3n) is 10.1. The highest BCUT2D eigenvalue weighted by Gasteiger charge is 2.30. The van der Waals surface area contributed by atoms with Gasteiger partial charge in [0.15, 0.2) is 0 Å². The third-order valence-corrected chi connectivity index (χ3v) is 10.1. The van der Waals surface area contributed by atoms with Gasteiger partial charge in [-0.2, -0.15) is 0 Å². The van der Waals surface area contributed by atoms with Crippen LogP contribution < -0.4 is 21.3 Å². The fourth-order valence-corrected chi connectivity index (χ4v) is 7.19. The van der Waals surface area contributed by atoms with Gasteiger partial charge in [0, 0.05) is 60.1 Å². The number of carbonyl (C=O) groups excluding carboxylic acids is 4. The number of carbonyl (C=O) groups is 4. The molecule has 1 aliphatic rings. The third kappa shape index (κ3) is 8.19. The van der Waals surface area contributed by atoms with Crippen molar-refractivity contribution in [3.63, 3.8) is 0 Å². The topological polar surface area (TPSA) is 126 Å². The first-order valence-electron chi connectivity index (χ1n) is 18.9. The summed E-state index contributed by atoms with van der Waals surface area (Å²) in [5.74, 6) is -2.02. The molecule has 7 rings (SSSR count). The summed E-state index contributed by atoms with van der Waals surface area (Å²) in [6.07, 6.45) is 8.65. The van der Waals surface area contributed by atoms with E-state index in [-0.39, 0.29) is 35.3 Å². The Bertz CT molecular complexity index is 2360. The monoisotopic (exact) mass is 746 g/mol. The second-order valence-corrected chi connectivity index (χ2v) is 14.7. The molecular weight excluding hydrogens is 701 g/mol. The molecule has 10 heteroatoms. The summed E-state index contributed by atoms with van der Waals surface area (Å²) in [4.78, 5) is 56.9. The first kappa shape index (κ1) is 37.6. The summed E-state index contributed by atoms with van der Waals surface area (Å²) in [5, 5.41) is 13.8. The van der Waals surface area contributed by atoms with Crippen molar-refractivity contribution in [2.24, 2.45) is 0 Å². The fourth-order valence-electron chi connectivity index (χ4n) is 7.19. The molecule has 0 saturated heterocycles. The van der Waals surface area contributed by atoms with E-state index < -0.39 is 35.7 Å². The second kappa shape index (κ2) is 16.4. The molecule has 2 atom stereocenters. The Balaban J connectivity index is 1.26. The number of benzene rings is 4. The highest BCUT2D eigenvalue weighted by Crippen LogP contribution is 2.27. The lowest BCUT2D eigenvalue weighted by molar-refractivity contribution is -0.118. The molecule has 6 aromatic rings. The van der Waals surface area contributed by atoms with E-state index in [1.54, 1.807) is 48.5 Å². The lowest BCUT2D eigenvalue weighted by Crippen LogP contribution is -2.48. The Labute approximate surface area is 326 Å². The zero-order chi connectivity index (χ0) is 39.3. The van der Waals surface area contributed by atoms with E-state index in [0.717, 1.165) is 32.9 Å². The SMILES string of the molecule is CC(C)=CCn1cc(CC2NC(=O)c3ccccc3NC(=O)C(Cc3cn(CC=C(C)C)c4ccccc34)NC(=O)c3ccccc3NC2=O)c2ccccc21. The maximum atomic E-state index is 14.3. The van der Waals surface area contributed by atoms with Crippen molar-refractivity contribution in [1.82, 2.24) is 19.8 Å². The molecule has 4 aromatic carbocycles. The van der Waals surface area contributed by atoms with Gasteiger partial charge in [-0.1, -0.05) is 84.0 Å². The Hall–Kier alpha value is -6.68. The van der Waals surface area contributed by atoms with Gasteiger partial charge in [-0.25, -0.2) is 0 Å². The number of amides is 4. The minimum atomic E-state index is -1.04. The van der Waals surface area contributed by atoms with E-state index in [9.17, 15) is 19.2 Å². The Kier molecular flexibility index (Phi) is 11.0. The molecule has 4 N–H and O–H groups in total. The lowest BCUT2D eigenvalue weighted by Gasteiger charge is -2.23. The number of hydrogen-bond donors (Lipinski definition) is 4. The van der Waals surface area contributed by atoms with Crippen LogP contribution in [0.5, 0.6) is 0 Å². The summed E-state index contributed by atoms with van der Waals surface area (Å²) in [6, 6.07) is 27.2. The number of hydrogen-bond acceptors (Lipinski definition) is 4. The molecule has 2 unspecified atom stereocenters. The highest BCUT2D eigenvalue weighted by molar-refractivity contribution is 6.11. The number of aromatic nitrogens is 2. The highest BCUT2D eigenvalue weighted by atomic mass is 16.2. The fraction of sp³-hybridized carbons (Fsp3) is 0.217. The summed E-state index contributed by atoms with van der Waals surface area (Å²) < 4.78 is 4.25. The van der Waals surface area contributed by atoms with E-state index in [1.807, 2.05) is 88.6 Å². The molecule has 10 nitrogen and oxygen atoms in total. The maximum Gasteiger partial charge on any atom is 0.254 e. The normalized spacial score (nSPS) is 16.1. The largest absolute Gasteiger partial charge is 0.343 e. The summed E-state index contributed by atoms with van der Waals surface area (Å²) in [7, 11) is 0. The van der Waals surface area contributed by atoms with E-state index in [4.69, 9.17) is 0 Å². The average molecular weight is 747 g/mol. The van der Waals surface area contributed by atoms with Crippen LogP contribution in [-0.2, 0) is 35.5 Å². The van der Waals surface area contributed by atoms with Gasteiger partial charge in [0.1, 0.15) is 12.1 Å². The van der Waals surface area contributed by atoms with Crippen LogP contribution in [0.1, 0.15) is 59.5 Å². The molecule has 2 aromatic heterocycles. The Morgan fingerprint density at radius 2 is 0.911 bits per heavy atom. The first-order valence-corrected chi connectivity index (χ1v) is 18.9. The lowest BCUT2D eigenvalue weighted by atomic mass is 10.0. The van der Waals surface area contributed by atoms with Gasteiger partial charge in [0.05, 0.1) is 22.5 Å². The predicted molar refractivity (Wildman–Crippen MR) is 223 cm³/mol. The van der Waals surface area contributed by atoms with Crippen LogP contribution >= 0.6 is 0 Å². The van der Waals surface area contributed by atoms with Crippen molar-refractivity contribution >= 4 is 56.8 Å². The van der Waals surface area contributed by atoms with Crippen molar-refractivity contribution < 1.29 is 19.2 Å². The van der Waals surface area contributed by atoms with Crippen molar-refractivity contribution in [2.45, 2.75) is 65.7 Å². The number of para-hydroxylation sites is 4. The molecule has 284 valence electrons. The van der Waals surface area contributed by atoms with Crippen molar-refractivity contribution in [1.29, 1.82) is 0 Å². The molecule has 0 fully saturated rings. The molecule has 0 saturated carbocycles. The molecule has 0 spiro atoms. The summed E-state index contributed by atoms with van der Waals surface area (Å²) in [5.41, 5.74) is 7.03. The van der Waals surface area contributed by atoms with Crippen molar-refractivity contribution in [3.05, 3.63) is 155 Å². The quantitative estimate of drug-likeness (QED) is 0.119. The number of nitrogens with one attached hydrogen (secondary N) is 4. The molecular formula is C46H46N6O4. The maximum absolute atomic E-state index is 14.3. The van der Waals surface area contributed by atoms with Gasteiger partial charge in [0.25, 0.3) is 11.8 Å². The molecule has 0 aliphatic carbocycles. The average Bonchev–Trinajstić information content (AvgIpc) is 3.72. The molecule has 1 aliphatic heterocycles. The predicted octanol–water partition coefficient (Wildman–Crippen LogP) is 7.80.